The molecule has 0 heterocycles. The van der Waals surface area contributed by atoms with Crippen LogP contribution in [-0.4, -0.2) is 6.54 Å². The van der Waals surface area contributed by atoms with Crippen LogP contribution in [0.25, 0.3) is 0 Å². The van der Waals surface area contributed by atoms with Crippen LogP contribution in [0.15, 0.2) is 48.5 Å². The van der Waals surface area contributed by atoms with E-state index in [-0.39, 0.29) is 11.9 Å². The minimum absolute atomic E-state index is 0.126. The van der Waals surface area contributed by atoms with Crippen molar-refractivity contribution in [3.05, 3.63) is 71.0 Å². The standard InChI is InChI=1S/C17H20FN/c1-3-12-19-17(14-6-4-13(2)5-7-14)15-8-10-16(18)11-9-15/h4-11,17,19H,3,12H2,1-2H3. The first-order chi connectivity index (χ1) is 9.20. The molecule has 1 N–H and O–H groups in total. The van der Waals surface area contributed by atoms with Gasteiger partial charge in [-0.05, 0) is 43.1 Å². The highest BCUT2D eigenvalue weighted by Gasteiger charge is 2.12. The third kappa shape index (κ3) is 3.65. The molecule has 0 fully saturated rings. The van der Waals surface area contributed by atoms with Gasteiger partial charge >= 0.3 is 0 Å². The maximum Gasteiger partial charge on any atom is 0.123 e. The molecule has 0 spiro atoms. The van der Waals surface area contributed by atoms with E-state index in [9.17, 15) is 4.39 Å². The number of rotatable bonds is 5. The summed E-state index contributed by atoms with van der Waals surface area (Å²) in [5, 5.41) is 3.52. The fourth-order valence-electron chi connectivity index (χ4n) is 2.13. The second-order valence-corrected chi connectivity index (χ2v) is 4.85. The normalized spacial score (nSPS) is 12.4. The maximum atomic E-state index is 13.0. The SMILES string of the molecule is CCCNC(c1ccc(C)cc1)c1ccc(F)cc1. The van der Waals surface area contributed by atoms with Crippen LogP contribution in [0.2, 0.25) is 0 Å². The van der Waals surface area contributed by atoms with Gasteiger partial charge in [0.1, 0.15) is 5.82 Å². The number of benzene rings is 2. The lowest BCUT2D eigenvalue weighted by molar-refractivity contribution is 0.593. The van der Waals surface area contributed by atoms with Crippen molar-refractivity contribution in [3.8, 4) is 0 Å². The van der Waals surface area contributed by atoms with E-state index < -0.39 is 0 Å². The minimum atomic E-state index is -0.193. The summed E-state index contributed by atoms with van der Waals surface area (Å²) in [6.45, 7) is 5.16. The summed E-state index contributed by atoms with van der Waals surface area (Å²) >= 11 is 0. The van der Waals surface area contributed by atoms with E-state index in [1.54, 1.807) is 0 Å². The smallest absolute Gasteiger partial charge is 0.123 e. The molecule has 0 aliphatic rings. The first-order valence-electron chi connectivity index (χ1n) is 6.76. The highest BCUT2D eigenvalue weighted by Crippen LogP contribution is 2.22. The predicted octanol–water partition coefficient (Wildman–Crippen LogP) is 4.22. The van der Waals surface area contributed by atoms with Gasteiger partial charge in [0.2, 0.25) is 0 Å². The van der Waals surface area contributed by atoms with Crippen LogP contribution in [0.3, 0.4) is 0 Å². The van der Waals surface area contributed by atoms with Gasteiger partial charge in [-0.3, -0.25) is 0 Å². The fraction of sp³-hybridized carbons (Fsp3) is 0.294. The molecule has 0 aromatic heterocycles. The number of hydrogen-bond acceptors (Lipinski definition) is 1. The Hall–Kier alpha value is -1.67. The molecule has 1 unspecified atom stereocenters. The largest absolute Gasteiger partial charge is 0.306 e. The van der Waals surface area contributed by atoms with Gasteiger partial charge in [-0.15, -0.1) is 0 Å². The Labute approximate surface area is 114 Å². The van der Waals surface area contributed by atoms with Crippen molar-refractivity contribution in [2.75, 3.05) is 6.54 Å². The van der Waals surface area contributed by atoms with E-state index in [1.165, 1.54) is 23.3 Å². The molecular weight excluding hydrogens is 237 g/mol. The molecule has 19 heavy (non-hydrogen) atoms. The number of aryl methyl sites for hydroxylation is 1. The lowest BCUT2D eigenvalue weighted by Crippen LogP contribution is -2.23. The van der Waals surface area contributed by atoms with Crippen molar-refractivity contribution < 1.29 is 4.39 Å². The van der Waals surface area contributed by atoms with Crippen molar-refractivity contribution in [3.63, 3.8) is 0 Å². The second-order valence-electron chi connectivity index (χ2n) is 4.85. The van der Waals surface area contributed by atoms with Crippen LogP contribution in [0.5, 0.6) is 0 Å². The van der Waals surface area contributed by atoms with Gasteiger partial charge in [0.15, 0.2) is 0 Å². The van der Waals surface area contributed by atoms with Crippen molar-refractivity contribution in [2.24, 2.45) is 0 Å². The topological polar surface area (TPSA) is 12.0 Å². The molecule has 0 aliphatic carbocycles. The summed E-state index contributed by atoms with van der Waals surface area (Å²) in [5.41, 5.74) is 3.56. The molecule has 1 atom stereocenters. The number of halogens is 1. The van der Waals surface area contributed by atoms with Gasteiger partial charge in [-0.1, -0.05) is 48.9 Å². The summed E-state index contributed by atoms with van der Waals surface area (Å²) < 4.78 is 13.0. The molecule has 2 rings (SSSR count). The van der Waals surface area contributed by atoms with Gasteiger partial charge in [0.25, 0.3) is 0 Å². The lowest BCUT2D eigenvalue weighted by Gasteiger charge is -2.20. The molecule has 0 aliphatic heterocycles. The number of nitrogens with one attached hydrogen (secondary N) is 1. The molecule has 0 bridgehead atoms. The fourth-order valence-corrected chi connectivity index (χ4v) is 2.13. The van der Waals surface area contributed by atoms with E-state index in [2.05, 4.69) is 43.4 Å². The van der Waals surface area contributed by atoms with Crippen LogP contribution in [-0.2, 0) is 0 Å². The Morgan fingerprint density at radius 2 is 1.47 bits per heavy atom. The van der Waals surface area contributed by atoms with E-state index in [4.69, 9.17) is 0 Å². The van der Waals surface area contributed by atoms with Gasteiger partial charge < -0.3 is 5.32 Å². The highest BCUT2D eigenvalue weighted by atomic mass is 19.1. The second kappa shape index (κ2) is 6.48. The Morgan fingerprint density at radius 3 is 2.00 bits per heavy atom. The summed E-state index contributed by atoms with van der Waals surface area (Å²) in [6.07, 6.45) is 1.07. The molecule has 0 saturated carbocycles. The molecule has 2 aromatic rings. The van der Waals surface area contributed by atoms with Crippen LogP contribution in [0.4, 0.5) is 4.39 Å². The van der Waals surface area contributed by atoms with Gasteiger partial charge in [0.05, 0.1) is 6.04 Å². The quantitative estimate of drug-likeness (QED) is 0.845. The van der Waals surface area contributed by atoms with Crippen LogP contribution in [0, 0.1) is 12.7 Å². The van der Waals surface area contributed by atoms with Crippen molar-refractivity contribution in [2.45, 2.75) is 26.3 Å². The van der Waals surface area contributed by atoms with Crippen molar-refractivity contribution in [1.82, 2.24) is 5.32 Å². The monoisotopic (exact) mass is 257 g/mol. The van der Waals surface area contributed by atoms with E-state index in [0.717, 1.165) is 18.5 Å². The summed E-state index contributed by atoms with van der Waals surface area (Å²) in [7, 11) is 0. The highest BCUT2D eigenvalue weighted by molar-refractivity contribution is 5.33. The molecule has 0 saturated heterocycles. The third-order valence-corrected chi connectivity index (χ3v) is 3.21. The molecular formula is C17H20FN. The average molecular weight is 257 g/mol. The number of hydrogen-bond donors (Lipinski definition) is 1. The lowest BCUT2D eigenvalue weighted by atomic mass is 9.97. The predicted molar refractivity (Wildman–Crippen MR) is 77.7 cm³/mol. The first kappa shape index (κ1) is 13.8. The Kier molecular flexibility index (Phi) is 4.69. The first-order valence-corrected chi connectivity index (χ1v) is 6.76. The Bertz CT molecular complexity index is 456. The minimum Gasteiger partial charge on any atom is -0.306 e. The van der Waals surface area contributed by atoms with Gasteiger partial charge in [0, 0.05) is 0 Å². The molecule has 0 radical (unpaired) electrons. The third-order valence-electron chi connectivity index (χ3n) is 3.21. The van der Waals surface area contributed by atoms with Crippen LogP contribution >= 0.6 is 0 Å². The van der Waals surface area contributed by atoms with Crippen molar-refractivity contribution >= 4 is 0 Å². The summed E-state index contributed by atoms with van der Waals surface area (Å²) in [6, 6.07) is 15.3. The van der Waals surface area contributed by atoms with Crippen LogP contribution < -0.4 is 5.32 Å². The summed E-state index contributed by atoms with van der Waals surface area (Å²) in [4.78, 5) is 0. The van der Waals surface area contributed by atoms with E-state index in [0.29, 0.717) is 0 Å². The Morgan fingerprint density at radius 1 is 0.947 bits per heavy atom. The zero-order chi connectivity index (χ0) is 13.7. The van der Waals surface area contributed by atoms with Crippen molar-refractivity contribution in [1.29, 1.82) is 0 Å². The van der Waals surface area contributed by atoms with Gasteiger partial charge in [-0.25, -0.2) is 4.39 Å². The molecule has 2 aromatic carbocycles. The zero-order valence-corrected chi connectivity index (χ0v) is 11.5. The molecule has 1 nitrogen and oxygen atoms in total. The molecule has 100 valence electrons. The molecule has 2 heteroatoms. The zero-order valence-electron chi connectivity index (χ0n) is 11.5. The average Bonchev–Trinajstić information content (AvgIpc) is 2.43. The summed E-state index contributed by atoms with van der Waals surface area (Å²) in [5.74, 6) is -0.193. The van der Waals surface area contributed by atoms with Crippen LogP contribution in [0.1, 0.15) is 36.1 Å². The van der Waals surface area contributed by atoms with E-state index in [1.807, 2.05) is 12.1 Å². The van der Waals surface area contributed by atoms with E-state index >= 15 is 0 Å². The molecule has 0 amide bonds. The van der Waals surface area contributed by atoms with Gasteiger partial charge in [-0.2, -0.15) is 0 Å². The maximum absolute atomic E-state index is 13.0. The Balaban J connectivity index is 2.29.